The number of hydrogen-bond acceptors (Lipinski definition) is 4. The van der Waals surface area contributed by atoms with Gasteiger partial charge in [-0.3, -0.25) is 4.79 Å². The van der Waals surface area contributed by atoms with Gasteiger partial charge in [-0.1, -0.05) is 42.8 Å². The maximum Gasteiger partial charge on any atom is 0.344 e. The molecule has 0 spiro atoms. The summed E-state index contributed by atoms with van der Waals surface area (Å²) in [6.07, 6.45) is 0.239. The molecular weight excluding hydrogens is 316 g/mol. The van der Waals surface area contributed by atoms with E-state index in [0.717, 1.165) is 16.3 Å². The maximum absolute atomic E-state index is 12.0. The molecule has 134 valence electrons. The van der Waals surface area contributed by atoms with Crippen LogP contribution in [0.25, 0.3) is 10.8 Å². The number of esters is 2. The Bertz CT molecular complexity index is 777. The van der Waals surface area contributed by atoms with Crippen LogP contribution in [-0.2, 0) is 19.1 Å². The van der Waals surface area contributed by atoms with Crippen molar-refractivity contribution in [1.29, 1.82) is 0 Å². The summed E-state index contributed by atoms with van der Waals surface area (Å²) >= 11 is 0. The smallest absolute Gasteiger partial charge is 0.344 e. The number of hydrogen-bond donors (Lipinski definition) is 0. The molecule has 0 aliphatic carbocycles. The van der Waals surface area contributed by atoms with Crippen molar-refractivity contribution in [3.63, 3.8) is 0 Å². The lowest BCUT2D eigenvalue weighted by atomic mass is 9.91. The fraction of sp³-hybridized carbons (Fsp3) is 0.429. The highest BCUT2D eigenvalue weighted by Gasteiger charge is 2.28. The van der Waals surface area contributed by atoms with Crippen LogP contribution in [-0.4, -0.2) is 18.5 Å². The number of ether oxygens (including phenoxy) is 2. The molecule has 0 saturated heterocycles. The molecule has 0 radical (unpaired) electrons. The predicted octanol–water partition coefficient (Wildman–Crippen LogP) is 4.73. The first kappa shape index (κ1) is 19.0. The van der Waals surface area contributed by atoms with Crippen molar-refractivity contribution in [2.75, 3.05) is 6.61 Å². The summed E-state index contributed by atoms with van der Waals surface area (Å²) in [4.78, 5) is 23.9. The van der Waals surface area contributed by atoms with Crippen LogP contribution in [0, 0.1) is 12.3 Å². The van der Waals surface area contributed by atoms with Gasteiger partial charge in [-0.25, -0.2) is 4.79 Å². The van der Waals surface area contributed by atoms with E-state index in [1.54, 1.807) is 13.8 Å². The molecule has 1 atom stereocenters. The Kier molecular flexibility index (Phi) is 5.83. The van der Waals surface area contributed by atoms with Crippen molar-refractivity contribution < 1.29 is 19.1 Å². The highest BCUT2D eigenvalue weighted by molar-refractivity contribution is 5.84. The van der Waals surface area contributed by atoms with Crippen molar-refractivity contribution >= 4 is 22.7 Å². The molecule has 1 unspecified atom stereocenters. The summed E-state index contributed by atoms with van der Waals surface area (Å²) in [7, 11) is 0. The van der Waals surface area contributed by atoms with Crippen LogP contribution in [0.5, 0.6) is 0 Å². The monoisotopic (exact) mass is 342 g/mol. The van der Waals surface area contributed by atoms with E-state index in [1.807, 2.05) is 39.0 Å². The lowest BCUT2D eigenvalue weighted by Crippen LogP contribution is -2.28. The SMILES string of the molecule is CCC(C)(C)C(=O)OCC(=O)OC(C)c1ccc2ccc(C)cc2c1. The van der Waals surface area contributed by atoms with E-state index in [2.05, 4.69) is 18.2 Å². The highest BCUT2D eigenvalue weighted by Crippen LogP contribution is 2.24. The maximum atomic E-state index is 12.0. The van der Waals surface area contributed by atoms with Crippen LogP contribution in [0.3, 0.4) is 0 Å². The summed E-state index contributed by atoms with van der Waals surface area (Å²) in [6, 6.07) is 12.2. The quantitative estimate of drug-likeness (QED) is 0.712. The Hall–Kier alpha value is -2.36. The summed E-state index contributed by atoms with van der Waals surface area (Å²) in [5.74, 6) is -0.933. The van der Waals surface area contributed by atoms with Crippen molar-refractivity contribution in [2.24, 2.45) is 5.41 Å². The largest absolute Gasteiger partial charge is 0.455 e. The van der Waals surface area contributed by atoms with Gasteiger partial charge >= 0.3 is 11.9 Å². The Morgan fingerprint density at radius 2 is 1.76 bits per heavy atom. The van der Waals surface area contributed by atoms with Gasteiger partial charge in [0, 0.05) is 0 Å². The van der Waals surface area contributed by atoms with Gasteiger partial charge in [0.05, 0.1) is 5.41 Å². The van der Waals surface area contributed by atoms with E-state index >= 15 is 0 Å². The average molecular weight is 342 g/mol. The van der Waals surface area contributed by atoms with Crippen LogP contribution in [0.1, 0.15) is 51.3 Å². The van der Waals surface area contributed by atoms with Crippen LogP contribution >= 0.6 is 0 Å². The van der Waals surface area contributed by atoms with Gasteiger partial charge in [0.2, 0.25) is 0 Å². The molecule has 0 aliphatic heterocycles. The first-order valence-corrected chi connectivity index (χ1v) is 8.60. The van der Waals surface area contributed by atoms with E-state index in [-0.39, 0.29) is 12.6 Å². The Labute approximate surface area is 149 Å². The summed E-state index contributed by atoms with van der Waals surface area (Å²) in [5, 5.41) is 2.25. The highest BCUT2D eigenvalue weighted by atomic mass is 16.6. The van der Waals surface area contributed by atoms with Crippen molar-refractivity contribution in [3.8, 4) is 0 Å². The number of rotatable bonds is 6. The second-order valence-corrected chi connectivity index (χ2v) is 7.06. The van der Waals surface area contributed by atoms with Crippen LogP contribution in [0.15, 0.2) is 36.4 Å². The normalized spacial score (nSPS) is 12.7. The summed E-state index contributed by atoms with van der Waals surface area (Å²) < 4.78 is 10.5. The Morgan fingerprint density at radius 1 is 1.08 bits per heavy atom. The number of benzene rings is 2. The minimum Gasteiger partial charge on any atom is -0.455 e. The molecule has 0 saturated carbocycles. The van der Waals surface area contributed by atoms with Gasteiger partial charge in [-0.2, -0.15) is 0 Å². The molecule has 0 amide bonds. The molecule has 2 aromatic rings. The standard InChI is InChI=1S/C21H26O4/c1-6-21(4,5)20(23)24-13-19(22)25-15(3)17-10-9-16-8-7-14(2)11-18(16)12-17/h7-12,15H,6,13H2,1-5H3. The third kappa shape index (κ3) is 4.81. The van der Waals surface area contributed by atoms with E-state index in [4.69, 9.17) is 9.47 Å². The van der Waals surface area contributed by atoms with Gasteiger partial charge < -0.3 is 9.47 Å². The first-order valence-electron chi connectivity index (χ1n) is 8.60. The number of carbonyl (C=O) groups is 2. The van der Waals surface area contributed by atoms with E-state index < -0.39 is 17.5 Å². The first-order chi connectivity index (χ1) is 11.7. The fourth-order valence-electron chi connectivity index (χ4n) is 2.40. The molecule has 0 fully saturated rings. The topological polar surface area (TPSA) is 52.6 Å². The van der Waals surface area contributed by atoms with Gasteiger partial charge in [-0.05, 0) is 56.5 Å². The molecule has 0 bridgehead atoms. The minimum atomic E-state index is -0.595. The number of aryl methyl sites for hydroxylation is 1. The van der Waals surface area contributed by atoms with Crippen molar-refractivity contribution in [2.45, 2.75) is 47.1 Å². The minimum absolute atomic E-state index is 0.362. The number of fused-ring (bicyclic) bond motifs is 1. The molecule has 0 aromatic heterocycles. The second kappa shape index (κ2) is 7.68. The average Bonchev–Trinajstić information content (AvgIpc) is 2.58. The molecule has 4 heteroatoms. The molecular formula is C21H26O4. The van der Waals surface area contributed by atoms with Gasteiger partial charge in [0.15, 0.2) is 6.61 Å². The molecule has 2 aromatic carbocycles. The van der Waals surface area contributed by atoms with Crippen LogP contribution in [0.4, 0.5) is 0 Å². The zero-order valence-electron chi connectivity index (χ0n) is 15.6. The summed E-state index contributed by atoms with van der Waals surface area (Å²) in [5.41, 5.74) is 1.49. The second-order valence-electron chi connectivity index (χ2n) is 7.06. The number of carbonyl (C=O) groups excluding carboxylic acids is 2. The van der Waals surface area contributed by atoms with Crippen molar-refractivity contribution in [3.05, 3.63) is 47.5 Å². The van der Waals surface area contributed by atoms with Gasteiger partial charge in [0.25, 0.3) is 0 Å². The third-order valence-electron chi connectivity index (χ3n) is 4.56. The molecule has 0 N–H and O–H groups in total. The lowest BCUT2D eigenvalue weighted by molar-refractivity contribution is -0.167. The molecule has 4 nitrogen and oxygen atoms in total. The third-order valence-corrected chi connectivity index (χ3v) is 4.56. The van der Waals surface area contributed by atoms with Crippen molar-refractivity contribution in [1.82, 2.24) is 0 Å². The molecule has 0 aliphatic rings. The van der Waals surface area contributed by atoms with E-state index in [9.17, 15) is 9.59 Å². The Balaban J connectivity index is 1.98. The van der Waals surface area contributed by atoms with Gasteiger partial charge in [-0.15, -0.1) is 0 Å². The van der Waals surface area contributed by atoms with Crippen LogP contribution in [0.2, 0.25) is 0 Å². The fourth-order valence-corrected chi connectivity index (χ4v) is 2.40. The zero-order valence-corrected chi connectivity index (χ0v) is 15.6. The molecule has 0 heterocycles. The summed E-state index contributed by atoms with van der Waals surface area (Å²) in [6.45, 7) is 8.98. The van der Waals surface area contributed by atoms with Gasteiger partial charge in [0.1, 0.15) is 6.10 Å². The molecule has 25 heavy (non-hydrogen) atoms. The lowest BCUT2D eigenvalue weighted by Gasteiger charge is -2.20. The van der Waals surface area contributed by atoms with E-state index in [0.29, 0.717) is 6.42 Å². The zero-order chi connectivity index (χ0) is 18.6. The molecule has 2 rings (SSSR count). The van der Waals surface area contributed by atoms with E-state index in [1.165, 1.54) is 5.56 Å². The Morgan fingerprint density at radius 3 is 2.44 bits per heavy atom. The van der Waals surface area contributed by atoms with Crippen LogP contribution < -0.4 is 0 Å². The predicted molar refractivity (Wildman–Crippen MR) is 98.2 cm³/mol.